The van der Waals surface area contributed by atoms with Crippen LogP contribution < -0.4 is 0 Å². The summed E-state index contributed by atoms with van der Waals surface area (Å²) in [6.45, 7) is 47.9. The summed E-state index contributed by atoms with van der Waals surface area (Å²) in [5.74, 6) is 0. The quantitative estimate of drug-likeness (QED) is 0.361. The number of benzene rings is 2. The van der Waals surface area contributed by atoms with Crippen LogP contribution in [0.25, 0.3) is 0 Å². The lowest BCUT2D eigenvalue weighted by Gasteiger charge is -2.43. The molecule has 0 heteroatoms. The first-order valence-electron chi connectivity index (χ1n) is 15.3. The Morgan fingerprint density at radius 1 is 0.282 bits per heavy atom. The first-order valence-corrected chi connectivity index (χ1v) is 15.3. The molecule has 0 aliphatic rings. The van der Waals surface area contributed by atoms with E-state index >= 15 is 0 Å². The molecule has 0 spiro atoms. The average Bonchev–Trinajstić information content (AvgIpc) is 2.67. The summed E-state index contributed by atoms with van der Waals surface area (Å²) in [6, 6.07) is 10.3. The third kappa shape index (κ3) is 7.02. The molecule has 0 fully saturated rings. The average molecular weight is 533 g/mol. The monoisotopic (exact) mass is 533 g/mol. The van der Waals surface area contributed by atoms with Crippen LogP contribution in [0.4, 0.5) is 0 Å². The first-order chi connectivity index (χ1) is 16.9. The van der Waals surface area contributed by atoms with E-state index < -0.39 is 0 Å². The number of rotatable bonds is 2. The van der Waals surface area contributed by atoms with Gasteiger partial charge < -0.3 is 0 Å². The van der Waals surface area contributed by atoms with Gasteiger partial charge in [0.15, 0.2) is 0 Å². The van der Waals surface area contributed by atoms with Gasteiger partial charge in [0.1, 0.15) is 0 Å². The highest BCUT2D eigenvalue weighted by molar-refractivity contribution is 5.58. The van der Waals surface area contributed by atoms with Crippen molar-refractivity contribution in [3.05, 3.63) is 68.8 Å². The minimum absolute atomic E-state index is 0.0218. The van der Waals surface area contributed by atoms with E-state index in [0.717, 1.165) is 0 Å². The van der Waals surface area contributed by atoms with E-state index in [1.165, 1.54) is 44.5 Å². The van der Waals surface area contributed by atoms with Crippen LogP contribution in [0, 0.1) is 0 Å². The molecule has 2 aromatic rings. The molecule has 0 atom stereocenters. The molecule has 0 radical (unpaired) electrons. The van der Waals surface area contributed by atoms with Gasteiger partial charge in [-0.3, -0.25) is 0 Å². The standard InChI is InChI=1S/C39H64/c1-33(2,3)25-21-30(37(13,14)15)32(31(22-25)38(16,17)18)39(19,20)29-24-27(35(7,8)9)26(34(4,5)6)23-28(29)36(10,11)12/h21-24H,1-20H3. The summed E-state index contributed by atoms with van der Waals surface area (Å²) in [5, 5.41) is 0. The molecule has 0 heterocycles. The van der Waals surface area contributed by atoms with E-state index in [2.05, 4.69) is 163 Å². The molecular formula is C39H64. The van der Waals surface area contributed by atoms with Gasteiger partial charge in [-0.1, -0.05) is 163 Å². The first kappa shape index (κ1) is 33.6. The molecule has 2 rings (SSSR count). The number of hydrogen-bond donors (Lipinski definition) is 0. The largest absolute Gasteiger partial charge is 0.0561 e. The van der Waals surface area contributed by atoms with Crippen molar-refractivity contribution in [2.45, 2.75) is 176 Å². The van der Waals surface area contributed by atoms with E-state index in [4.69, 9.17) is 0 Å². The predicted molar refractivity (Wildman–Crippen MR) is 177 cm³/mol. The van der Waals surface area contributed by atoms with Gasteiger partial charge in [0.05, 0.1) is 0 Å². The molecule has 0 amide bonds. The number of hydrogen-bond acceptors (Lipinski definition) is 0. The zero-order chi connectivity index (χ0) is 30.9. The summed E-state index contributed by atoms with van der Waals surface area (Å²) in [7, 11) is 0. The van der Waals surface area contributed by atoms with Gasteiger partial charge in [-0.15, -0.1) is 0 Å². The van der Waals surface area contributed by atoms with Crippen molar-refractivity contribution < 1.29 is 0 Å². The van der Waals surface area contributed by atoms with Crippen molar-refractivity contribution in [1.82, 2.24) is 0 Å². The van der Waals surface area contributed by atoms with Crippen molar-refractivity contribution in [3.8, 4) is 0 Å². The molecule has 0 saturated carbocycles. The van der Waals surface area contributed by atoms with Gasteiger partial charge in [0.2, 0.25) is 0 Å². The van der Waals surface area contributed by atoms with E-state index in [1.54, 1.807) is 0 Å². The molecular weight excluding hydrogens is 468 g/mol. The van der Waals surface area contributed by atoms with E-state index in [-0.39, 0.29) is 37.9 Å². The molecule has 2 aromatic carbocycles. The fourth-order valence-corrected chi connectivity index (χ4v) is 6.04. The van der Waals surface area contributed by atoms with Crippen molar-refractivity contribution in [3.63, 3.8) is 0 Å². The molecule has 0 unspecified atom stereocenters. The topological polar surface area (TPSA) is 0 Å². The Morgan fingerprint density at radius 3 is 0.795 bits per heavy atom. The van der Waals surface area contributed by atoms with Crippen LogP contribution in [0.1, 0.15) is 183 Å². The molecule has 0 aliphatic heterocycles. The van der Waals surface area contributed by atoms with E-state index in [9.17, 15) is 0 Å². The van der Waals surface area contributed by atoms with E-state index in [0.29, 0.717) is 0 Å². The Balaban J connectivity index is 3.28. The van der Waals surface area contributed by atoms with Gasteiger partial charge in [-0.05, 0) is 77.0 Å². The van der Waals surface area contributed by atoms with Gasteiger partial charge >= 0.3 is 0 Å². The molecule has 0 bridgehead atoms. The summed E-state index contributed by atoms with van der Waals surface area (Å²) >= 11 is 0. The molecule has 39 heavy (non-hydrogen) atoms. The molecule has 0 nitrogen and oxygen atoms in total. The second kappa shape index (κ2) is 9.77. The van der Waals surface area contributed by atoms with Gasteiger partial charge in [-0.2, -0.15) is 0 Å². The maximum atomic E-state index is 2.61. The Labute approximate surface area is 244 Å². The second-order valence-electron chi connectivity index (χ2n) is 19.0. The van der Waals surface area contributed by atoms with Crippen LogP contribution in [0.2, 0.25) is 0 Å². The predicted octanol–water partition coefficient (Wildman–Crippen LogP) is 11.8. The van der Waals surface area contributed by atoms with Crippen molar-refractivity contribution in [2.75, 3.05) is 0 Å². The Kier molecular flexibility index (Phi) is 8.43. The fourth-order valence-electron chi connectivity index (χ4n) is 6.04. The van der Waals surface area contributed by atoms with Crippen LogP contribution >= 0.6 is 0 Å². The van der Waals surface area contributed by atoms with Gasteiger partial charge in [0.25, 0.3) is 0 Å². The Hall–Kier alpha value is -1.56. The normalized spacial score (nSPS) is 14.7. The molecule has 0 aromatic heterocycles. The maximum Gasteiger partial charge on any atom is 0.0155 e. The van der Waals surface area contributed by atoms with E-state index in [1.807, 2.05) is 0 Å². The summed E-state index contributed by atoms with van der Waals surface area (Å²) in [6.07, 6.45) is 0. The Bertz CT molecular complexity index is 1150. The van der Waals surface area contributed by atoms with Crippen LogP contribution in [0.3, 0.4) is 0 Å². The van der Waals surface area contributed by atoms with Crippen LogP contribution in [0.5, 0.6) is 0 Å². The summed E-state index contributed by atoms with van der Waals surface area (Å²) in [4.78, 5) is 0. The Morgan fingerprint density at radius 2 is 0.538 bits per heavy atom. The third-order valence-electron chi connectivity index (χ3n) is 8.50. The minimum Gasteiger partial charge on any atom is -0.0561 e. The van der Waals surface area contributed by atoms with Crippen LogP contribution in [-0.2, 0) is 37.9 Å². The fraction of sp³-hybridized carbons (Fsp3) is 0.692. The highest BCUT2D eigenvalue weighted by Crippen LogP contribution is 2.50. The summed E-state index contributed by atoms with van der Waals surface area (Å²) in [5.41, 5.74) is 12.0. The van der Waals surface area contributed by atoms with Crippen LogP contribution in [0.15, 0.2) is 24.3 Å². The lowest BCUT2D eigenvalue weighted by molar-refractivity contribution is 0.487. The van der Waals surface area contributed by atoms with Gasteiger partial charge in [-0.25, -0.2) is 0 Å². The zero-order valence-corrected chi connectivity index (χ0v) is 29.8. The minimum atomic E-state index is -0.180. The third-order valence-corrected chi connectivity index (χ3v) is 8.50. The molecule has 0 aliphatic carbocycles. The van der Waals surface area contributed by atoms with Gasteiger partial charge in [0, 0.05) is 5.41 Å². The zero-order valence-electron chi connectivity index (χ0n) is 29.8. The smallest absolute Gasteiger partial charge is 0.0155 e. The molecule has 0 saturated heterocycles. The van der Waals surface area contributed by atoms with Crippen molar-refractivity contribution in [2.24, 2.45) is 0 Å². The summed E-state index contributed by atoms with van der Waals surface area (Å²) < 4.78 is 0. The lowest BCUT2D eigenvalue weighted by Crippen LogP contribution is -2.35. The SMILES string of the molecule is CC(C)(C)c1cc(C(C)(C)C)c(C(C)(C)c2cc(C(C)(C)C)c(C(C)(C)C)cc2C(C)(C)C)c(C(C)(C)C)c1. The van der Waals surface area contributed by atoms with Crippen molar-refractivity contribution in [1.29, 1.82) is 0 Å². The highest BCUT2D eigenvalue weighted by Gasteiger charge is 2.40. The van der Waals surface area contributed by atoms with Crippen LogP contribution in [-0.4, -0.2) is 0 Å². The van der Waals surface area contributed by atoms with Crippen molar-refractivity contribution >= 4 is 0 Å². The molecule has 0 N–H and O–H groups in total. The second-order valence-corrected chi connectivity index (χ2v) is 19.0. The molecule has 220 valence electrons. The maximum absolute atomic E-state index is 2.61. The lowest BCUT2D eigenvalue weighted by atomic mass is 9.61. The highest BCUT2D eigenvalue weighted by atomic mass is 14.4.